The highest BCUT2D eigenvalue weighted by atomic mass is 19.1. The van der Waals surface area contributed by atoms with Gasteiger partial charge in [0.25, 0.3) is 0 Å². The Morgan fingerprint density at radius 3 is 2.75 bits per heavy atom. The molecule has 1 heterocycles. The summed E-state index contributed by atoms with van der Waals surface area (Å²) >= 11 is 0. The second kappa shape index (κ2) is 5.64. The van der Waals surface area contributed by atoms with Gasteiger partial charge in [-0.15, -0.1) is 0 Å². The summed E-state index contributed by atoms with van der Waals surface area (Å²) in [7, 11) is 0. The summed E-state index contributed by atoms with van der Waals surface area (Å²) < 4.78 is 26.2. The van der Waals surface area contributed by atoms with Crippen molar-refractivity contribution in [3.8, 4) is 0 Å². The maximum absolute atomic E-state index is 13.4. The number of nitrogens with two attached hydrogens (primary N) is 1. The van der Waals surface area contributed by atoms with E-state index in [1.54, 1.807) is 13.0 Å². The average molecular weight is 277 g/mol. The summed E-state index contributed by atoms with van der Waals surface area (Å²) in [6.45, 7) is 1.78. The zero-order valence-corrected chi connectivity index (χ0v) is 10.8. The van der Waals surface area contributed by atoms with Crippen molar-refractivity contribution in [3.63, 3.8) is 0 Å². The van der Waals surface area contributed by atoms with E-state index in [0.29, 0.717) is 11.5 Å². The number of carbonyl (C=O) groups is 1. The summed E-state index contributed by atoms with van der Waals surface area (Å²) in [5.41, 5.74) is 7.04. The van der Waals surface area contributed by atoms with Gasteiger partial charge in [-0.2, -0.15) is 0 Å². The van der Waals surface area contributed by atoms with Crippen LogP contribution >= 0.6 is 0 Å². The number of aryl methyl sites for hydroxylation is 1. The van der Waals surface area contributed by atoms with Gasteiger partial charge in [-0.05, 0) is 30.2 Å². The third kappa shape index (κ3) is 3.28. The fourth-order valence-corrected chi connectivity index (χ4v) is 1.66. The second-order valence-corrected chi connectivity index (χ2v) is 4.39. The molecule has 4 nitrogen and oxygen atoms in total. The molecule has 2 rings (SSSR count). The zero-order valence-electron chi connectivity index (χ0n) is 10.8. The van der Waals surface area contributed by atoms with Crippen LogP contribution in [0, 0.1) is 18.6 Å². The number of nitrogens with zero attached hydrogens (tertiary/aromatic N) is 1. The highest BCUT2D eigenvalue weighted by Crippen LogP contribution is 2.14. The minimum absolute atomic E-state index is 0.121. The van der Waals surface area contributed by atoms with Gasteiger partial charge in [0, 0.05) is 6.07 Å². The minimum atomic E-state index is -0.749. The average Bonchev–Trinajstić information content (AvgIpc) is 2.37. The number of anilines is 2. The van der Waals surface area contributed by atoms with Crippen LogP contribution in [0.25, 0.3) is 0 Å². The summed E-state index contributed by atoms with van der Waals surface area (Å²) in [6.07, 6.45) is 1.24. The summed E-state index contributed by atoms with van der Waals surface area (Å²) in [6, 6.07) is 4.71. The number of benzene rings is 1. The van der Waals surface area contributed by atoms with Crippen LogP contribution in [0.4, 0.5) is 20.3 Å². The first-order chi connectivity index (χ1) is 9.45. The molecule has 3 N–H and O–H groups in total. The maximum atomic E-state index is 13.4. The second-order valence-electron chi connectivity index (χ2n) is 4.39. The number of amides is 1. The van der Waals surface area contributed by atoms with Crippen LogP contribution in [0.2, 0.25) is 0 Å². The van der Waals surface area contributed by atoms with Crippen LogP contribution in [0.1, 0.15) is 11.1 Å². The molecule has 0 radical (unpaired) electrons. The predicted molar refractivity (Wildman–Crippen MR) is 72.1 cm³/mol. The van der Waals surface area contributed by atoms with E-state index >= 15 is 0 Å². The molecule has 0 saturated carbocycles. The van der Waals surface area contributed by atoms with E-state index in [1.165, 1.54) is 12.3 Å². The van der Waals surface area contributed by atoms with Gasteiger partial charge in [0.05, 0.1) is 18.3 Å². The van der Waals surface area contributed by atoms with Crippen molar-refractivity contribution in [2.24, 2.45) is 0 Å². The molecular formula is C14H13F2N3O. The first-order valence-electron chi connectivity index (χ1n) is 5.91. The summed E-state index contributed by atoms with van der Waals surface area (Å²) in [4.78, 5) is 15.7. The molecule has 0 aliphatic heterocycles. The van der Waals surface area contributed by atoms with Gasteiger partial charge in [0.15, 0.2) is 0 Å². The van der Waals surface area contributed by atoms with Gasteiger partial charge in [0.1, 0.15) is 17.5 Å². The number of carbonyl (C=O) groups excluding carboxylic acids is 1. The molecule has 0 fully saturated rings. The van der Waals surface area contributed by atoms with Gasteiger partial charge in [-0.3, -0.25) is 4.79 Å². The summed E-state index contributed by atoms with van der Waals surface area (Å²) in [5, 5.41) is 2.53. The number of aromatic nitrogens is 1. The molecule has 1 aromatic carbocycles. The molecule has 1 amide bonds. The van der Waals surface area contributed by atoms with Crippen LogP contribution in [-0.4, -0.2) is 10.9 Å². The molecule has 20 heavy (non-hydrogen) atoms. The van der Waals surface area contributed by atoms with E-state index in [9.17, 15) is 13.6 Å². The molecule has 0 atom stereocenters. The fourth-order valence-electron chi connectivity index (χ4n) is 1.66. The van der Waals surface area contributed by atoms with E-state index in [4.69, 9.17) is 5.73 Å². The lowest BCUT2D eigenvalue weighted by Crippen LogP contribution is -2.16. The number of halogens is 2. The molecule has 0 bridgehead atoms. The van der Waals surface area contributed by atoms with Gasteiger partial charge in [-0.1, -0.05) is 6.07 Å². The molecule has 0 saturated heterocycles. The molecule has 0 unspecified atom stereocenters. The Bertz CT molecular complexity index is 659. The van der Waals surface area contributed by atoms with Crippen LogP contribution in [-0.2, 0) is 11.2 Å². The number of nitrogen functional groups attached to an aromatic ring is 1. The van der Waals surface area contributed by atoms with Crippen molar-refractivity contribution < 1.29 is 13.6 Å². The Hall–Kier alpha value is -2.50. The molecule has 0 spiro atoms. The molecule has 1 aromatic heterocycles. The first-order valence-corrected chi connectivity index (χ1v) is 5.91. The minimum Gasteiger partial charge on any atom is -0.397 e. The Balaban J connectivity index is 2.07. The molecule has 104 valence electrons. The van der Waals surface area contributed by atoms with Crippen molar-refractivity contribution in [2.75, 3.05) is 11.1 Å². The Kier molecular flexibility index (Phi) is 3.93. The molecule has 2 aromatic rings. The highest BCUT2D eigenvalue weighted by molar-refractivity contribution is 5.91. The van der Waals surface area contributed by atoms with E-state index in [1.807, 2.05) is 0 Å². The van der Waals surface area contributed by atoms with Crippen LogP contribution in [0.3, 0.4) is 0 Å². The number of rotatable bonds is 3. The Labute approximate surface area is 114 Å². The third-order valence-electron chi connectivity index (χ3n) is 2.78. The summed E-state index contributed by atoms with van der Waals surface area (Å²) in [5.74, 6) is -1.53. The van der Waals surface area contributed by atoms with Crippen molar-refractivity contribution in [3.05, 3.63) is 53.2 Å². The lowest BCUT2D eigenvalue weighted by molar-refractivity contribution is -0.115. The number of nitrogens with one attached hydrogen (secondary N) is 1. The normalized spacial score (nSPS) is 10.3. The standard InChI is InChI=1S/C14H13F2N3O/c1-8-4-13(18-7-12(8)17)19-14(20)5-9-2-3-10(15)6-11(9)16/h2-4,6-7H,5,17H2,1H3,(H,18,19,20). The van der Waals surface area contributed by atoms with Crippen LogP contribution in [0.5, 0.6) is 0 Å². The Morgan fingerprint density at radius 2 is 2.10 bits per heavy atom. The van der Waals surface area contributed by atoms with Gasteiger partial charge in [0.2, 0.25) is 5.91 Å². The van der Waals surface area contributed by atoms with E-state index in [2.05, 4.69) is 10.3 Å². The monoisotopic (exact) mass is 277 g/mol. The molecule has 0 aliphatic carbocycles. The maximum Gasteiger partial charge on any atom is 0.230 e. The van der Waals surface area contributed by atoms with Crippen molar-refractivity contribution in [1.82, 2.24) is 4.98 Å². The van der Waals surface area contributed by atoms with Gasteiger partial charge >= 0.3 is 0 Å². The third-order valence-corrected chi connectivity index (χ3v) is 2.78. The van der Waals surface area contributed by atoms with E-state index < -0.39 is 17.5 Å². The van der Waals surface area contributed by atoms with Crippen LogP contribution < -0.4 is 11.1 Å². The van der Waals surface area contributed by atoms with Crippen molar-refractivity contribution in [1.29, 1.82) is 0 Å². The first kappa shape index (κ1) is 13.9. The quantitative estimate of drug-likeness (QED) is 0.905. The predicted octanol–water partition coefficient (Wildman–Crippen LogP) is 2.43. The number of hydrogen-bond acceptors (Lipinski definition) is 3. The van der Waals surface area contributed by atoms with E-state index in [-0.39, 0.29) is 12.0 Å². The van der Waals surface area contributed by atoms with Gasteiger partial charge in [-0.25, -0.2) is 13.8 Å². The van der Waals surface area contributed by atoms with Crippen molar-refractivity contribution in [2.45, 2.75) is 13.3 Å². The van der Waals surface area contributed by atoms with Crippen LogP contribution in [0.15, 0.2) is 30.5 Å². The topological polar surface area (TPSA) is 68.0 Å². The molecular weight excluding hydrogens is 264 g/mol. The lowest BCUT2D eigenvalue weighted by Gasteiger charge is -2.07. The smallest absolute Gasteiger partial charge is 0.230 e. The lowest BCUT2D eigenvalue weighted by atomic mass is 10.1. The number of pyridine rings is 1. The fraction of sp³-hybridized carbons (Fsp3) is 0.143. The Morgan fingerprint density at radius 1 is 1.35 bits per heavy atom. The number of hydrogen-bond donors (Lipinski definition) is 2. The van der Waals surface area contributed by atoms with E-state index in [0.717, 1.165) is 17.7 Å². The molecule has 0 aliphatic rings. The van der Waals surface area contributed by atoms with Gasteiger partial charge < -0.3 is 11.1 Å². The highest BCUT2D eigenvalue weighted by Gasteiger charge is 2.10. The zero-order chi connectivity index (χ0) is 14.7. The van der Waals surface area contributed by atoms with Crippen molar-refractivity contribution >= 4 is 17.4 Å². The largest absolute Gasteiger partial charge is 0.397 e. The molecule has 6 heteroatoms. The SMILES string of the molecule is Cc1cc(NC(=O)Cc2ccc(F)cc2F)ncc1N.